The fraction of sp³-hybridized carbons (Fsp3) is 1.00. The van der Waals surface area contributed by atoms with Crippen molar-refractivity contribution in [2.45, 2.75) is 83.7 Å². The highest BCUT2D eigenvalue weighted by Gasteiger charge is 2.42. The molecule has 1 heterocycles. The van der Waals surface area contributed by atoms with E-state index in [2.05, 4.69) is 38.0 Å². The largest absolute Gasteiger partial charge is 0.315 e. The standard InChI is InChI=1S/C18H36N2/c1-5-18(3,20-12-7-6-8-13-20)17(19-4)16-11-9-10-15(2)14-16/h15-17,19H,5-14H2,1-4H3. The van der Waals surface area contributed by atoms with E-state index in [0.717, 1.165) is 11.8 Å². The van der Waals surface area contributed by atoms with Crippen LogP contribution in [0.15, 0.2) is 0 Å². The predicted molar refractivity (Wildman–Crippen MR) is 88.1 cm³/mol. The lowest BCUT2D eigenvalue weighted by molar-refractivity contribution is 0.0147. The van der Waals surface area contributed by atoms with Crippen LogP contribution in [0, 0.1) is 11.8 Å². The van der Waals surface area contributed by atoms with E-state index in [1.54, 1.807) is 0 Å². The molecule has 0 aromatic rings. The van der Waals surface area contributed by atoms with Gasteiger partial charge in [-0.25, -0.2) is 0 Å². The minimum Gasteiger partial charge on any atom is -0.315 e. The summed E-state index contributed by atoms with van der Waals surface area (Å²) >= 11 is 0. The van der Waals surface area contributed by atoms with Crippen molar-refractivity contribution in [1.82, 2.24) is 10.2 Å². The van der Waals surface area contributed by atoms with E-state index in [4.69, 9.17) is 0 Å². The molecule has 4 unspecified atom stereocenters. The van der Waals surface area contributed by atoms with Crippen LogP contribution in [0.2, 0.25) is 0 Å². The molecule has 1 aliphatic heterocycles. The topological polar surface area (TPSA) is 15.3 Å². The molecule has 0 spiro atoms. The van der Waals surface area contributed by atoms with Crippen molar-refractivity contribution in [3.63, 3.8) is 0 Å². The van der Waals surface area contributed by atoms with Gasteiger partial charge in [0.1, 0.15) is 0 Å². The number of likely N-dealkylation sites (N-methyl/N-ethyl adjacent to an activating group) is 1. The lowest BCUT2D eigenvalue weighted by atomic mass is 9.71. The number of rotatable bonds is 5. The van der Waals surface area contributed by atoms with Gasteiger partial charge in [-0.2, -0.15) is 0 Å². The highest BCUT2D eigenvalue weighted by Crippen LogP contribution is 2.38. The van der Waals surface area contributed by atoms with Crippen LogP contribution in [0.5, 0.6) is 0 Å². The van der Waals surface area contributed by atoms with Gasteiger partial charge in [-0.05, 0) is 71.0 Å². The number of piperidine rings is 1. The van der Waals surface area contributed by atoms with Gasteiger partial charge in [0.2, 0.25) is 0 Å². The highest BCUT2D eigenvalue weighted by molar-refractivity contribution is 5.00. The molecule has 2 heteroatoms. The average molecular weight is 280 g/mol. The van der Waals surface area contributed by atoms with Crippen LogP contribution in [0.4, 0.5) is 0 Å². The maximum Gasteiger partial charge on any atom is 0.0334 e. The van der Waals surface area contributed by atoms with Crippen LogP contribution >= 0.6 is 0 Å². The van der Waals surface area contributed by atoms with E-state index in [1.807, 2.05) is 0 Å². The third-order valence-corrected chi connectivity index (χ3v) is 6.22. The molecule has 1 saturated carbocycles. The average Bonchev–Trinajstić information content (AvgIpc) is 2.48. The van der Waals surface area contributed by atoms with Gasteiger partial charge in [0, 0.05) is 11.6 Å². The van der Waals surface area contributed by atoms with Crippen LogP contribution in [0.3, 0.4) is 0 Å². The molecule has 2 nitrogen and oxygen atoms in total. The number of hydrogen-bond acceptors (Lipinski definition) is 2. The van der Waals surface area contributed by atoms with Crippen molar-refractivity contribution < 1.29 is 0 Å². The van der Waals surface area contributed by atoms with Crippen LogP contribution in [0.1, 0.15) is 72.1 Å². The maximum absolute atomic E-state index is 3.74. The monoisotopic (exact) mass is 280 g/mol. The fourth-order valence-corrected chi connectivity index (χ4v) is 4.88. The van der Waals surface area contributed by atoms with Gasteiger partial charge in [0.15, 0.2) is 0 Å². The molecule has 1 saturated heterocycles. The normalized spacial score (nSPS) is 33.6. The van der Waals surface area contributed by atoms with Crippen LogP contribution in [0.25, 0.3) is 0 Å². The summed E-state index contributed by atoms with van der Waals surface area (Å²) in [5.41, 5.74) is 0.344. The van der Waals surface area contributed by atoms with E-state index in [-0.39, 0.29) is 0 Å². The summed E-state index contributed by atoms with van der Waals surface area (Å²) < 4.78 is 0. The molecule has 2 fully saturated rings. The Bertz CT molecular complexity index is 285. The molecule has 0 radical (unpaired) electrons. The first-order valence-electron chi connectivity index (χ1n) is 9.04. The zero-order chi connectivity index (χ0) is 14.6. The van der Waals surface area contributed by atoms with E-state index in [0.29, 0.717) is 11.6 Å². The first-order chi connectivity index (χ1) is 9.61. The van der Waals surface area contributed by atoms with Crippen molar-refractivity contribution in [2.75, 3.05) is 20.1 Å². The van der Waals surface area contributed by atoms with Crippen LogP contribution < -0.4 is 5.32 Å². The Balaban J connectivity index is 2.12. The number of hydrogen-bond donors (Lipinski definition) is 1. The Morgan fingerprint density at radius 3 is 2.40 bits per heavy atom. The Morgan fingerprint density at radius 2 is 1.85 bits per heavy atom. The molecule has 118 valence electrons. The van der Waals surface area contributed by atoms with Crippen LogP contribution in [-0.2, 0) is 0 Å². The first kappa shape index (κ1) is 16.3. The van der Waals surface area contributed by atoms with Gasteiger partial charge < -0.3 is 5.32 Å². The third-order valence-electron chi connectivity index (χ3n) is 6.22. The summed E-state index contributed by atoms with van der Waals surface area (Å²) in [5.74, 6) is 1.79. The Hall–Kier alpha value is -0.0800. The van der Waals surface area contributed by atoms with Crippen molar-refractivity contribution in [3.8, 4) is 0 Å². The molecule has 0 amide bonds. The summed E-state index contributed by atoms with van der Waals surface area (Å²) in [5, 5.41) is 3.74. The minimum absolute atomic E-state index is 0.344. The third kappa shape index (κ3) is 3.39. The predicted octanol–water partition coefficient (Wildman–Crippen LogP) is 4.06. The van der Waals surface area contributed by atoms with E-state index in [9.17, 15) is 0 Å². The Kier molecular flexibility index (Phi) is 5.92. The molecule has 2 rings (SSSR count). The van der Waals surface area contributed by atoms with E-state index < -0.39 is 0 Å². The van der Waals surface area contributed by atoms with Crippen molar-refractivity contribution in [3.05, 3.63) is 0 Å². The molecule has 0 bridgehead atoms. The summed E-state index contributed by atoms with van der Waals surface area (Å²) in [6.07, 6.45) is 11.2. The number of nitrogens with zero attached hydrogens (tertiary/aromatic N) is 1. The Morgan fingerprint density at radius 1 is 1.15 bits per heavy atom. The SMILES string of the molecule is CCC(C)(C(NC)C1CCCC(C)C1)N1CCCCC1. The number of likely N-dealkylation sites (tertiary alicyclic amines) is 1. The van der Waals surface area contributed by atoms with Gasteiger partial charge in [-0.15, -0.1) is 0 Å². The summed E-state index contributed by atoms with van der Waals surface area (Å²) in [7, 11) is 2.20. The van der Waals surface area contributed by atoms with Crippen LogP contribution in [-0.4, -0.2) is 36.6 Å². The van der Waals surface area contributed by atoms with Crippen molar-refractivity contribution >= 4 is 0 Å². The fourth-order valence-electron chi connectivity index (χ4n) is 4.88. The second kappa shape index (κ2) is 7.26. The second-order valence-electron chi connectivity index (χ2n) is 7.56. The van der Waals surface area contributed by atoms with Crippen molar-refractivity contribution in [2.24, 2.45) is 11.8 Å². The maximum atomic E-state index is 3.74. The zero-order valence-corrected chi connectivity index (χ0v) is 14.3. The molecule has 0 aromatic carbocycles. The smallest absolute Gasteiger partial charge is 0.0334 e. The molecule has 1 N–H and O–H groups in total. The quantitative estimate of drug-likeness (QED) is 0.817. The molecule has 1 aliphatic carbocycles. The van der Waals surface area contributed by atoms with E-state index >= 15 is 0 Å². The molecule has 4 atom stereocenters. The lowest BCUT2D eigenvalue weighted by Gasteiger charge is -2.51. The molecular formula is C18H36N2. The number of nitrogens with one attached hydrogen (secondary N) is 1. The summed E-state index contributed by atoms with van der Waals surface area (Å²) in [4.78, 5) is 2.80. The second-order valence-corrected chi connectivity index (χ2v) is 7.56. The molecular weight excluding hydrogens is 244 g/mol. The first-order valence-corrected chi connectivity index (χ1v) is 9.04. The van der Waals surface area contributed by atoms with Gasteiger partial charge in [-0.3, -0.25) is 4.90 Å². The molecule has 0 aromatic heterocycles. The minimum atomic E-state index is 0.344. The summed E-state index contributed by atoms with van der Waals surface area (Å²) in [6.45, 7) is 9.99. The zero-order valence-electron chi connectivity index (χ0n) is 14.3. The summed E-state index contributed by atoms with van der Waals surface area (Å²) in [6, 6.07) is 0.661. The van der Waals surface area contributed by atoms with Gasteiger partial charge in [-0.1, -0.05) is 33.1 Å². The Labute approximate surface area is 126 Å². The molecule has 2 aliphatic rings. The highest BCUT2D eigenvalue weighted by atomic mass is 15.2. The van der Waals surface area contributed by atoms with E-state index in [1.165, 1.54) is 64.5 Å². The molecule has 20 heavy (non-hydrogen) atoms. The van der Waals surface area contributed by atoms with Gasteiger partial charge in [0.05, 0.1) is 0 Å². The lowest BCUT2D eigenvalue weighted by Crippen LogP contribution is -2.62. The van der Waals surface area contributed by atoms with Gasteiger partial charge >= 0.3 is 0 Å². The van der Waals surface area contributed by atoms with Gasteiger partial charge in [0.25, 0.3) is 0 Å². The van der Waals surface area contributed by atoms with Crippen molar-refractivity contribution in [1.29, 1.82) is 0 Å².